The van der Waals surface area contributed by atoms with Gasteiger partial charge in [0.1, 0.15) is 18.7 Å². The number of alkyl halides is 3. The molecule has 2 saturated carbocycles. The maximum Gasteiger partial charge on any atom is 0.573 e. The van der Waals surface area contributed by atoms with Crippen molar-refractivity contribution in [3.8, 4) is 34.5 Å². The molecule has 4 aromatic rings. The molecule has 9 nitrogen and oxygen atoms in total. The number of ether oxygens (including phenoxy) is 1. The van der Waals surface area contributed by atoms with Crippen molar-refractivity contribution in [1.82, 2.24) is 14.9 Å². The quantitative estimate of drug-likeness (QED) is 0.107. The van der Waals surface area contributed by atoms with Gasteiger partial charge in [0.05, 0.1) is 33.2 Å². The molecule has 6 rings (SSSR count). The topological polar surface area (TPSA) is 123 Å². The van der Waals surface area contributed by atoms with E-state index in [2.05, 4.69) is 16.1 Å². The Morgan fingerprint density at radius 2 is 1.81 bits per heavy atom. The number of imidazole rings is 1. The fourth-order valence-electron chi connectivity index (χ4n) is 6.49. The average Bonchev–Trinajstić information content (AvgIpc) is 3.77. The van der Waals surface area contributed by atoms with Crippen LogP contribution in [0.1, 0.15) is 48.4 Å². The Hall–Kier alpha value is -4.46. The molecule has 0 aliphatic heterocycles. The standard InChI is InChI=1S/C34H33F3N5O4P/c1-41-31(21-12-13-21)30(40-32(41)26-15-14-24(47(2,3)45)16-29(26)46-34(35,36)37)25-10-7-11-28(42(43)44)27(25)19-39-23-17-33(18-23,20-38)22-8-5-4-6-9-22/h4-11,14-16,21,23,39H,12-13,17-19H2,1-3H3. The van der Waals surface area contributed by atoms with E-state index in [4.69, 9.17) is 4.98 Å². The molecule has 1 aromatic heterocycles. The zero-order chi connectivity index (χ0) is 33.7. The van der Waals surface area contributed by atoms with E-state index in [0.29, 0.717) is 29.7 Å². The summed E-state index contributed by atoms with van der Waals surface area (Å²) >= 11 is 0. The van der Waals surface area contributed by atoms with Gasteiger partial charge in [0, 0.05) is 48.2 Å². The van der Waals surface area contributed by atoms with Gasteiger partial charge in [0.25, 0.3) is 5.69 Å². The number of nitro groups is 1. The summed E-state index contributed by atoms with van der Waals surface area (Å²) in [6.45, 7) is 3.06. The van der Waals surface area contributed by atoms with Gasteiger partial charge in [-0.05, 0) is 56.7 Å². The predicted molar refractivity (Wildman–Crippen MR) is 172 cm³/mol. The van der Waals surface area contributed by atoms with Crippen LogP contribution in [-0.4, -0.2) is 40.2 Å². The van der Waals surface area contributed by atoms with Crippen LogP contribution in [0.2, 0.25) is 0 Å². The molecule has 244 valence electrons. The maximum absolute atomic E-state index is 13.6. The lowest BCUT2D eigenvalue weighted by molar-refractivity contribution is -0.385. The Labute approximate surface area is 269 Å². The second-order valence-electron chi connectivity index (χ2n) is 12.7. The van der Waals surface area contributed by atoms with E-state index in [1.165, 1.54) is 31.5 Å². The monoisotopic (exact) mass is 663 g/mol. The number of benzene rings is 3. The average molecular weight is 664 g/mol. The van der Waals surface area contributed by atoms with E-state index in [1.807, 2.05) is 30.3 Å². The molecular weight excluding hydrogens is 630 g/mol. The highest BCUT2D eigenvalue weighted by atomic mass is 31.2. The summed E-state index contributed by atoms with van der Waals surface area (Å²) in [5.41, 5.74) is 2.38. The number of hydrogen-bond acceptors (Lipinski definition) is 7. The number of nitrogens with zero attached hydrogens (tertiary/aromatic N) is 4. The lowest BCUT2D eigenvalue weighted by Crippen LogP contribution is -2.50. The Morgan fingerprint density at radius 1 is 1.11 bits per heavy atom. The number of halogens is 3. The van der Waals surface area contributed by atoms with Crippen LogP contribution < -0.4 is 15.4 Å². The smallest absolute Gasteiger partial charge is 0.405 e. The van der Waals surface area contributed by atoms with E-state index >= 15 is 0 Å². The summed E-state index contributed by atoms with van der Waals surface area (Å²) in [5, 5.41) is 25.9. The third-order valence-corrected chi connectivity index (χ3v) is 10.6. The van der Waals surface area contributed by atoms with Crippen molar-refractivity contribution in [3.05, 3.63) is 93.7 Å². The lowest BCUT2D eigenvalue weighted by Gasteiger charge is -2.43. The Bertz CT molecular complexity index is 1940. The first kappa shape index (κ1) is 32.5. The van der Waals surface area contributed by atoms with Crippen LogP contribution in [0.15, 0.2) is 66.7 Å². The molecule has 0 unspecified atom stereocenters. The number of nitriles is 1. The molecule has 1 heterocycles. The van der Waals surface area contributed by atoms with Crippen LogP contribution >= 0.6 is 7.14 Å². The summed E-state index contributed by atoms with van der Waals surface area (Å²) in [6.07, 6.45) is -2.23. The SMILES string of the molecule is Cn1c(-c2ccc(P(C)(C)=O)cc2OC(F)(F)F)nc(-c2cccc([N+](=O)[O-])c2CNC2CC(C#N)(c3ccccc3)C2)c1C1CC1. The third-order valence-electron chi connectivity index (χ3n) is 9.06. The van der Waals surface area contributed by atoms with Crippen molar-refractivity contribution in [2.24, 2.45) is 7.05 Å². The molecule has 2 fully saturated rings. The first-order valence-corrected chi connectivity index (χ1v) is 17.8. The minimum atomic E-state index is -5.00. The predicted octanol–water partition coefficient (Wildman–Crippen LogP) is 7.40. The minimum absolute atomic E-state index is 0.0570. The van der Waals surface area contributed by atoms with Crippen LogP contribution in [0.3, 0.4) is 0 Å². The van der Waals surface area contributed by atoms with E-state index in [0.717, 1.165) is 30.2 Å². The van der Waals surface area contributed by atoms with E-state index < -0.39 is 29.6 Å². The number of nitrogens with one attached hydrogen (secondary N) is 1. The first-order valence-electron chi connectivity index (χ1n) is 15.2. The maximum atomic E-state index is 13.6. The van der Waals surface area contributed by atoms with Crippen LogP contribution in [0.25, 0.3) is 22.6 Å². The van der Waals surface area contributed by atoms with Gasteiger partial charge in [-0.25, -0.2) is 4.98 Å². The fourth-order valence-corrected chi connectivity index (χ4v) is 7.35. The van der Waals surface area contributed by atoms with Gasteiger partial charge < -0.3 is 19.2 Å². The Balaban J connectivity index is 1.40. The number of nitro benzene ring substituents is 1. The van der Waals surface area contributed by atoms with Gasteiger partial charge >= 0.3 is 6.36 Å². The summed E-state index contributed by atoms with van der Waals surface area (Å²) < 4.78 is 59.6. The largest absolute Gasteiger partial charge is 0.573 e. The van der Waals surface area contributed by atoms with Crippen LogP contribution in [0.4, 0.5) is 18.9 Å². The van der Waals surface area contributed by atoms with Crippen molar-refractivity contribution in [2.75, 3.05) is 13.3 Å². The first-order chi connectivity index (χ1) is 22.2. The van der Waals surface area contributed by atoms with Gasteiger partial charge in [-0.3, -0.25) is 10.1 Å². The highest BCUT2D eigenvalue weighted by Crippen LogP contribution is 2.49. The van der Waals surface area contributed by atoms with E-state index in [-0.39, 0.29) is 40.9 Å². The molecular formula is C34H33F3N5O4P. The molecule has 13 heteroatoms. The number of hydrogen-bond donors (Lipinski definition) is 1. The lowest BCUT2D eigenvalue weighted by atomic mass is 9.62. The molecule has 2 aliphatic carbocycles. The molecule has 0 atom stereocenters. The zero-order valence-electron chi connectivity index (χ0n) is 26.0. The molecule has 2 aliphatic rings. The highest BCUT2D eigenvalue weighted by Gasteiger charge is 2.46. The van der Waals surface area contributed by atoms with Crippen molar-refractivity contribution in [2.45, 2.75) is 56.0 Å². The molecule has 1 N–H and O–H groups in total. The molecule has 0 amide bonds. The van der Waals surface area contributed by atoms with Crippen molar-refractivity contribution in [3.63, 3.8) is 0 Å². The van der Waals surface area contributed by atoms with Gasteiger partial charge in [0.2, 0.25) is 0 Å². The Morgan fingerprint density at radius 3 is 2.40 bits per heavy atom. The molecule has 0 radical (unpaired) electrons. The molecule has 3 aromatic carbocycles. The third kappa shape index (κ3) is 6.42. The van der Waals surface area contributed by atoms with Crippen LogP contribution in [0.5, 0.6) is 5.75 Å². The van der Waals surface area contributed by atoms with Crippen molar-refractivity contribution in [1.29, 1.82) is 5.26 Å². The van der Waals surface area contributed by atoms with Crippen molar-refractivity contribution < 1.29 is 27.4 Å². The molecule has 0 spiro atoms. The molecule has 0 saturated heterocycles. The van der Waals surface area contributed by atoms with Gasteiger partial charge in [-0.2, -0.15) is 5.26 Å². The number of aromatic nitrogens is 2. The Kier molecular flexibility index (Phi) is 8.27. The number of rotatable bonds is 10. The van der Waals surface area contributed by atoms with Crippen molar-refractivity contribution >= 4 is 18.1 Å². The van der Waals surface area contributed by atoms with Crippen LogP contribution in [0, 0.1) is 21.4 Å². The van der Waals surface area contributed by atoms with E-state index in [9.17, 15) is 33.1 Å². The van der Waals surface area contributed by atoms with Gasteiger partial charge in [-0.1, -0.05) is 48.5 Å². The molecule has 0 bridgehead atoms. The molecule has 47 heavy (non-hydrogen) atoms. The summed E-state index contributed by atoms with van der Waals surface area (Å²) in [7, 11) is -1.21. The van der Waals surface area contributed by atoms with Crippen LogP contribution in [-0.2, 0) is 23.6 Å². The summed E-state index contributed by atoms with van der Waals surface area (Å²) in [5.74, 6) is -0.255. The second kappa shape index (κ2) is 12.0. The van der Waals surface area contributed by atoms with Gasteiger partial charge in [0.15, 0.2) is 0 Å². The summed E-state index contributed by atoms with van der Waals surface area (Å²) in [4.78, 5) is 16.6. The fraction of sp³-hybridized carbons (Fsp3) is 0.353. The second-order valence-corrected chi connectivity index (χ2v) is 15.9. The zero-order valence-corrected chi connectivity index (χ0v) is 26.9. The normalized spacial score (nSPS) is 19.6. The van der Waals surface area contributed by atoms with Gasteiger partial charge in [-0.15, -0.1) is 13.2 Å². The van der Waals surface area contributed by atoms with E-state index in [1.54, 1.807) is 23.7 Å². The highest BCUT2D eigenvalue weighted by molar-refractivity contribution is 7.70. The summed E-state index contributed by atoms with van der Waals surface area (Å²) in [6, 6.07) is 20.8. The minimum Gasteiger partial charge on any atom is -0.405 e.